The van der Waals surface area contributed by atoms with E-state index in [1.54, 1.807) is 20.3 Å². The summed E-state index contributed by atoms with van der Waals surface area (Å²) in [5.74, 6) is 2.17. The number of aromatic hydroxyl groups is 1. The predicted molar refractivity (Wildman–Crippen MR) is 133 cm³/mol. The summed E-state index contributed by atoms with van der Waals surface area (Å²) in [6, 6.07) is 19.2. The van der Waals surface area contributed by atoms with Crippen LogP contribution in [0, 0.1) is 0 Å². The van der Waals surface area contributed by atoms with E-state index in [2.05, 4.69) is 32.6 Å². The van der Waals surface area contributed by atoms with E-state index in [0.29, 0.717) is 12.4 Å². The molecular weight excluding hydrogens is 484 g/mol. The Bertz CT molecular complexity index is 1150. The number of nitrogens with one attached hydrogen (secondary N) is 2. The zero-order chi connectivity index (χ0) is 23.4. The average Bonchev–Trinajstić information content (AvgIpc) is 2.85. The minimum absolute atomic E-state index is 0.138. The third-order valence-electron chi connectivity index (χ3n) is 5.55. The first kappa shape index (κ1) is 23.0. The Morgan fingerprint density at radius 3 is 2.42 bits per heavy atom. The maximum atomic E-state index is 10.9. The number of hydrogen-bond acceptors (Lipinski definition) is 6. The number of para-hydroxylation sites is 1. The van der Waals surface area contributed by atoms with Crippen molar-refractivity contribution in [1.29, 1.82) is 0 Å². The van der Waals surface area contributed by atoms with Crippen LogP contribution in [0.25, 0.3) is 5.70 Å². The van der Waals surface area contributed by atoms with Gasteiger partial charge in [-0.15, -0.1) is 0 Å². The van der Waals surface area contributed by atoms with E-state index in [1.807, 2.05) is 61.5 Å². The van der Waals surface area contributed by atoms with Crippen molar-refractivity contribution in [2.45, 2.75) is 19.1 Å². The molecule has 3 aromatic rings. The first-order chi connectivity index (χ1) is 16.0. The van der Waals surface area contributed by atoms with Crippen molar-refractivity contribution in [1.82, 2.24) is 10.6 Å². The lowest BCUT2D eigenvalue weighted by atomic mass is 9.97. The molecule has 0 saturated heterocycles. The van der Waals surface area contributed by atoms with Crippen molar-refractivity contribution in [2.75, 3.05) is 20.8 Å². The van der Waals surface area contributed by atoms with Gasteiger partial charge in [0.25, 0.3) is 0 Å². The first-order valence-corrected chi connectivity index (χ1v) is 11.5. The van der Waals surface area contributed by atoms with Gasteiger partial charge in [0.1, 0.15) is 17.7 Å². The van der Waals surface area contributed by atoms with Crippen LogP contribution in [-0.2, 0) is 0 Å². The SMILES string of the molecule is CCOc1cccc(C2C=C(c3ccc(OC)cc3)NC(c3ccc(OC)c(Br)c3)N2)c1O. The fourth-order valence-electron chi connectivity index (χ4n) is 3.87. The Morgan fingerprint density at radius 2 is 1.76 bits per heavy atom. The highest BCUT2D eigenvalue weighted by atomic mass is 79.9. The summed E-state index contributed by atoms with van der Waals surface area (Å²) >= 11 is 3.58. The summed E-state index contributed by atoms with van der Waals surface area (Å²) in [6.45, 7) is 2.38. The van der Waals surface area contributed by atoms with E-state index >= 15 is 0 Å². The number of rotatable bonds is 7. The standard InChI is InChI=1S/C26H27BrN2O4/c1-4-33-24-7-5-6-19(25(24)30)22-15-21(16-8-11-18(31-2)12-9-16)28-26(29-22)17-10-13-23(32-3)20(27)14-17/h5-15,22,26,28-30H,4H2,1-3H3. The lowest BCUT2D eigenvalue weighted by molar-refractivity contribution is 0.314. The number of ether oxygens (including phenoxy) is 3. The van der Waals surface area contributed by atoms with Gasteiger partial charge in [-0.2, -0.15) is 0 Å². The molecule has 2 unspecified atom stereocenters. The van der Waals surface area contributed by atoms with Crippen LogP contribution in [0.5, 0.6) is 23.0 Å². The molecule has 4 rings (SSSR count). The van der Waals surface area contributed by atoms with Crippen molar-refractivity contribution in [3.8, 4) is 23.0 Å². The van der Waals surface area contributed by atoms with Gasteiger partial charge in [0, 0.05) is 11.3 Å². The van der Waals surface area contributed by atoms with Gasteiger partial charge in [0.2, 0.25) is 0 Å². The molecule has 33 heavy (non-hydrogen) atoms. The molecule has 1 aliphatic rings. The van der Waals surface area contributed by atoms with Gasteiger partial charge < -0.3 is 24.6 Å². The van der Waals surface area contributed by atoms with Gasteiger partial charge >= 0.3 is 0 Å². The lowest BCUT2D eigenvalue weighted by Crippen LogP contribution is -2.39. The predicted octanol–water partition coefficient (Wildman–Crippen LogP) is 5.54. The second kappa shape index (κ2) is 10.2. The lowest BCUT2D eigenvalue weighted by Gasteiger charge is -2.33. The molecule has 0 aliphatic carbocycles. The van der Waals surface area contributed by atoms with E-state index in [9.17, 15) is 5.11 Å². The highest BCUT2D eigenvalue weighted by molar-refractivity contribution is 9.10. The average molecular weight is 511 g/mol. The van der Waals surface area contributed by atoms with Crippen LogP contribution in [0.3, 0.4) is 0 Å². The number of phenolic OH excluding ortho intramolecular Hbond substituents is 1. The van der Waals surface area contributed by atoms with E-state index in [4.69, 9.17) is 14.2 Å². The third kappa shape index (κ3) is 4.94. The number of methoxy groups -OCH3 is 2. The molecule has 1 aliphatic heterocycles. The van der Waals surface area contributed by atoms with Gasteiger partial charge in [-0.05, 0) is 82.5 Å². The summed E-state index contributed by atoms with van der Waals surface area (Å²) in [4.78, 5) is 0. The molecule has 7 heteroatoms. The monoisotopic (exact) mass is 510 g/mol. The van der Waals surface area contributed by atoms with Crippen LogP contribution in [0.4, 0.5) is 0 Å². The molecule has 3 aromatic carbocycles. The number of halogens is 1. The molecule has 0 fully saturated rings. The molecule has 0 radical (unpaired) electrons. The Hall–Kier alpha value is -3.16. The van der Waals surface area contributed by atoms with Crippen molar-refractivity contribution < 1.29 is 19.3 Å². The van der Waals surface area contributed by atoms with Gasteiger partial charge in [-0.3, -0.25) is 5.32 Å². The fraction of sp³-hybridized carbons (Fsp3) is 0.231. The summed E-state index contributed by atoms with van der Waals surface area (Å²) < 4.78 is 17.2. The van der Waals surface area contributed by atoms with Gasteiger partial charge in [0.05, 0.1) is 31.3 Å². The second-order valence-corrected chi connectivity index (χ2v) is 8.41. The van der Waals surface area contributed by atoms with E-state index in [0.717, 1.165) is 38.4 Å². The summed E-state index contributed by atoms with van der Waals surface area (Å²) in [6.07, 6.45) is 1.86. The molecule has 1 heterocycles. The zero-order valence-electron chi connectivity index (χ0n) is 18.8. The minimum Gasteiger partial charge on any atom is -0.504 e. The molecule has 0 spiro atoms. The van der Waals surface area contributed by atoms with Gasteiger partial charge in [0.15, 0.2) is 11.5 Å². The molecule has 0 bridgehead atoms. The van der Waals surface area contributed by atoms with E-state index in [1.165, 1.54) is 0 Å². The summed E-state index contributed by atoms with van der Waals surface area (Å²) in [5.41, 5.74) is 3.72. The van der Waals surface area contributed by atoms with Crippen molar-refractivity contribution >= 4 is 21.6 Å². The van der Waals surface area contributed by atoms with E-state index in [-0.39, 0.29) is 18.0 Å². The second-order valence-electron chi connectivity index (χ2n) is 7.55. The normalized spacial score (nSPS) is 17.6. The topological polar surface area (TPSA) is 72.0 Å². The minimum atomic E-state index is -0.255. The Kier molecular flexibility index (Phi) is 7.11. The largest absolute Gasteiger partial charge is 0.504 e. The van der Waals surface area contributed by atoms with Crippen LogP contribution in [0.2, 0.25) is 0 Å². The van der Waals surface area contributed by atoms with Crippen molar-refractivity contribution in [3.63, 3.8) is 0 Å². The summed E-state index contributed by atoms with van der Waals surface area (Å²) in [5, 5.41) is 18.1. The maximum absolute atomic E-state index is 10.9. The fourth-order valence-corrected chi connectivity index (χ4v) is 4.43. The van der Waals surface area contributed by atoms with E-state index < -0.39 is 0 Å². The first-order valence-electron chi connectivity index (χ1n) is 10.7. The van der Waals surface area contributed by atoms with Gasteiger partial charge in [-0.1, -0.05) is 18.2 Å². The van der Waals surface area contributed by atoms with Crippen LogP contribution in [0.15, 0.2) is 71.2 Å². The number of hydrogen-bond donors (Lipinski definition) is 3. The molecule has 3 N–H and O–H groups in total. The molecule has 172 valence electrons. The molecular formula is C26H27BrN2O4. The zero-order valence-corrected chi connectivity index (χ0v) is 20.3. The maximum Gasteiger partial charge on any atom is 0.162 e. The molecule has 0 amide bonds. The van der Waals surface area contributed by atoms with Crippen LogP contribution in [-0.4, -0.2) is 25.9 Å². The Labute approximate surface area is 202 Å². The third-order valence-corrected chi connectivity index (χ3v) is 6.17. The molecule has 0 aromatic heterocycles. The number of benzene rings is 3. The van der Waals surface area contributed by atoms with Crippen LogP contribution in [0.1, 0.15) is 35.8 Å². The molecule has 2 atom stereocenters. The summed E-state index contributed by atoms with van der Waals surface area (Å²) in [7, 11) is 3.30. The highest BCUT2D eigenvalue weighted by Crippen LogP contribution is 2.39. The van der Waals surface area contributed by atoms with Crippen LogP contribution >= 0.6 is 15.9 Å². The van der Waals surface area contributed by atoms with Crippen LogP contribution < -0.4 is 24.8 Å². The molecule has 6 nitrogen and oxygen atoms in total. The Balaban J connectivity index is 1.75. The smallest absolute Gasteiger partial charge is 0.162 e. The molecule has 0 saturated carbocycles. The highest BCUT2D eigenvalue weighted by Gasteiger charge is 2.27. The van der Waals surface area contributed by atoms with Crippen molar-refractivity contribution in [2.24, 2.45) is 0 Å². The number of phenols is 1. The van der Waals surface area contributed by atoms with Gasteiger partial charge in [-0.25, -0.2) is 0 Å². The van der Waals surface area contributed by atoms with Crippen molar-refractivity contribution in [3.05, 3.63) is 87.9 Å². The Morgan fingerprint density at radius 1 is 0.970 bits per heavy atom. The quantitative estimate of drug-likeness (QED) is 0.387.